The average Bonchev–Trinajstić information content (AvgIpc) is 2.60. The summed E-state index contributed by atoms with van der Waals surface area (Å²) in [5.41, 5.74) is 0.927. The highest BCUT2D eigenvalue weighted by Gasteiger charge is 2.54. The van der Waals surface area contributed by atoms with E-state index in [4.69, 9.17) is 0 Å². The molecule has 4 nitrogen and oxygen atoms in total. The Hall–Kier alpha value is -1.36. The van der Waals surface area contributed by atoms with E-state index in [1.54, 1.807) is 0 Å². The van der Waals surface area contributed by atoms with Gasteiger partial charge in [-0.25, -0.2) is 0 Å². The zero-order valence-electron chi connectivity index (χ0n) is 16.0. The van der Waals surface area contributed by atoms with Gasteiger partial charge < -0.3 is 10.6 Å². The molecule has 4 bridgehead atoms. The Balaban J connectivity index is 1.25. The van der Waals surface area contributed by atoms with Crippen LogP contribution >= 0.6 is 15.9 Å². The van der Waals surface area contributed by atoms with Crippen molar-refractivity contribution in [3.8, 4) is 0 Å². The fourth-order valence-electron chi connectivity index (χ4n) is 6.08. The fraction of sp³-hybridized carbons (Fsp3) is 0.636. The molecule has 1 atom stereocenters. The van der Waals surface area contributed by atoms with Crippen molar-refractivity contribution >= 4 is 27.7 Å². The van der Waals surface area contributed by atoms with Gasteiger partial charge in [0.05, 0.1) is 6.04 Å². The van der Waals surface area contributed by atoms with E-state index in [0.717, 1.165) is 47.1 Å². The van der Waals surface area contributed by atoms with Gasteiger partial charge in [0, 0.05) is 22.9 Å². The summed E-state index contributed by atoms with van der Waals surface area (Å²) in [6.07, 6.45) is 7.53. The van der Waals surface area contributed by atoms with Gasteiger partial charge in [0.1, 0.15) is 0 Å². The van der Waals surface area contributed by atoms with E-state index in [1.807, 2.05) is 31.2 Å². The predicted octanol–water partition coefficient (Wildman–Crippen LogP) is 4.35. The second-order valence-corrected chi connectivity index (χ2v) is 9.87. The Bertz CT molecular complexity index is 697. The molecule has 1 unspecified atom stereocenters. The van der Waals surface area contributed by atoms with Gasteiger partial charge >= 0.3 is 0 Å². The maximum absolute atomic E-state index is 12.9. The molecule has 0 saturated heterocycles. The highest BCUT2D eigenvalue weighted by atomic mass is 79.9. The van der Waals surface area contributed by atoms with E-state index in [1.165, 1.54) is 19.3 Å². The van der Waals surface area contributed by atoms with Crippen molar-refractivity contribution in [1.29, 1.82) is 0 Å². The minimum Gasteiger partial charge on any atom is -0.355 e. The molecule has 27 heavy (non-hydrogen) atoms. The molecule has 4 aliphatic rings. The zero-order valence-corrected chi connectivity index (χ0v) is 17.6. The van der Waals surface area contributed by atoms with Gasteiger partial charge in [0.15, 0.2) is 0 Å². The fourth-order valence-corrected chi connectivity index (χ4v) is 6.71. The molecule has 5 rings (SSSR count). The third kappa shape index (κ3) is 3.94. The molecule has 4 saturated carbocycles. The molecule has 5 heteroatoms. The van der Waals surface area contributed by atoms with Gasteiger partial charge in [-0.2, -0.15) is 0 Å². The van der Waals surface area contributed by atoms with Crippen LogP contribution in [0.25, 0.3) is 0 Å². The summed E-state index contributed by atoms with van der Waals surface area (Å²) < 4.78 is 0.993. The summed E-state index contributed by atoms with van der Waals surface area (Å²) in [7, 11) is 0. The summed E-state index contributed by atoms with van der Waals surface area (Å²) in [4.78, 5) is 25.2. The van der Waals surface area contributed by atoms with Crippen molar-refractivity contribution in [1.82, 2.24) is 10.6 Å². The van der Waals surface area contributed by atoms with Gasteiger partial charge in [0.25, 0.3) is 0 Å². The van der Waals surface area contributed by atoms with Crippen LogP contribution in [-0.4, -0.2) is 18.4 Å². The first-order chi connectivity index (χ1) is 12.9. The summed E-state index contributed by atoms with van der Waals surface area (Å²) in [6, 6.07) is 7.84. The van der Waals surface area contributed by atoms with Gasteiger partial charge in [-0.1, -0.05) is 34.1 Å². The van der Waals surface area contributed by atoms with E-state index in [-0.39, 0.29) is 23.3 Å². The maximum Gasteiger partial charge on any atom is 0.226 e. The molecule has 146 valence electrons. The molecule has 0 radical (unpaired) electrons. The molecule has 0 aromatic heterocycles. The lowest BCUT2D eigenvalue weighted by Gasteiger charge is -2.55. The predicted molar refractivity (Wildman–Crippen MR) is 109 cm³/mol. The third-order valence-corrected chi connectivity index (χ3v) is 7.63. The molecule has 1 aromatic rings. The monoisotopic (exact) mass is 432 g/mol. The number of halogens is 1. The Kier molecular flexibility index (Phi) is 5.32. The topological polar surface area (TPSA) is 58.2 Å². The number of amides is 2. The Morgan fingerprint density at radius 3 is 2.30 bits per heavy atom. The molecular formula is C22H29BrN2O2. The summed E-state index contributed by atoms with van der Waals surface area (Å²) in [6.45, 7) is 2.40. The van der Waals surface area contributed by atoms with Crippen molar-refractivity contribution in [2.45, 2.75) is 57.9 Å². The van der Waals surface area contributed by atoms with Crippen molar-refractivity contribution < 1.29 is 9.59 Å². The summed E-state index contributed by atoms with van der Waals surface area (Å²) in [5.74, 6) is 2.46. The number of carbonyl (C=O) groups excluding carboxylic acids is 2. The zero-order chi connectivity index (χ0) is 19.0. The van der Waals surface area contributed by atoms with Crippen LogP contribution < -0.4 is 10.6 Å². The van der Waals surface area contributed by atoms with Crippen LogP contribution in [0, 0.1) is 23.2 Å². The molecule has 0 spiro atoms. The quantitative estimate of drug-likeness (QED) is 0.701. The molecule has 2 amide bonds. The van der Waals surface area contributed by atoms with Crippen molar-refractivity contribution in [3.63, 3.8) is 0 Å². The minimum absolute atomic E-state index is 0.0240. The molecule has 2 N–H and O–H groups in total. The minimum atomic E-state index is -0.132. The molecular weight excluding hydrogens is 404 g/mol. The van der Waals surface area contributed by atoms with Crippen LogP contribution in [0.2, 0.25) is 0 Å². The summed E-state index contributed by atoms with van der Waals surface area (Å²) in [5, 5.41) is 6.11. The van der Waals surface area contributed by atoms with E-state index in [9.17, 15) is 9.59 Å². The average molecular weight is 433 g/mol. The van der Waals surface area contributed by atoms with Crippen LogP contribution in [-0.2, 0) is 9.59 Å². The van der Waals surface area contributed by atoms with E-state index < -0.39 is 0 Å². The second-order valence-electron chi connectivity index (χ2n) is 9.01. The highest BCUT2D eigenvalue weighted by Crippen LogP contribution is 2.60. The van der Waals surface area contributed by atoms with Gasteiger partial charge in [0.2, 0.25) is 11.8 Å². The van der Waals surface area contributed by atoms with Gasteiger partial charge in [-0.15, -0.1) is 0 Å². The van der Waals surface area contributed by atoms with Crippen LogP contribution in [0.3, 0.4) is 0 Å². The smallest absolute Gasteiger partial charge is 0.226 e. The standard InChI is InChI=1S/C22H29BrN2O2/c1-14(18-4-2-3-5-19(18)23)25-20(26)6-7-24-21(27)22-11-15-8-16(12-22)10-17(9-15)13-22/h2-5,14-17H,6-13H2,1H3,(H,24,27)(H,25,26). The van der Waals surface area contributed by atoms with Gasteiger partial charge in [-0.05, 0) is 74.8 Å². The van der Waals surface area contributed by atoms with Crippen LogP contribution in [0.1, 0.15) is 63.5 Å². The Morgan fingerprint density at radius 2 is 1.70 bits per heavy atom. The van der Waals surface area contributed by atoms with Gasteiger partial charge in [-0.3, -0.25) is 9.59 Å². The van der Waals surface area contributed by atoms with E-state index in [0.29, 0.717) is 13.0 Å². The number of hydrogen-bond donors (Lipinski definition) is 2. The first-order valence-electron chi connectivity index (χ1n) is 10.3. The normalized spacial score (nSPS) is 32.1. The number of rotatable bonds is 6. The Morgan fingerprint density at radius 1 is 1.11 bits per heavy atom. The second kappa shape index (κ2) is 7.57. The Labute approximate surface area is 170 Å². The molecule has 4 fully saturated rings. The number of carbonyl (C=O) groups is 2. The largest absolute Gasteiger partial charge is 0.355 e. The number of hydrogen-bond acceptors (Lipinski definition) is 2. The first-order valence-corrected chi connectivity index (χ1v) is 11.1. The first kappa shape index (κ1) is 19.0. The number of benzene rings is 1. The van der Waals surface area contributed by atoms with Crippen LogP contribution in [0.5, 0.6) is 0 Å². The molecule has 4 aliphatic carbocycles. The molecule has 1 aromatic carbocycles. The van der Waals surface area contributed by atoms with Crippen LogP contribution in [0.15, 0.2) is 28.7 Å². The number of nitrogens with one attached hydrogen (secondary N) is 2. The van der Waals surface area contributed by atoms with Crippen molar-refractivity contribution in [2.24, 2.45) is 23.2 Å². The summed E-state index contributed by atoms with van der Waals surface area (Å²) >= 11 is 3.53. The van der Waals surface area contributed by atoms with Crippen molar-refractivity contribution in [3.05, 3.63) is 34.3 Å². The lowest BCUT2D eigenvalue weighted by atomic mass is 9.49. The molecule has 0 heterocycles. The van der Waals surface area contributed by atoms with E-state index >= 15 is 0 Å². The molecule has 0 aliphatic heterocycles. The van der Waals surface area contributed by atoms with E-state index in [2.05, 4.69) is 26.6 Å². The lowest BCUT2D eigenvalue weighted by Crippen LogP contribution is -2.53. The lowest BCUT2D eigenvalue weighted by molar-refractivity contribution is -0.146. The maximum atomic E-state index is 12.9. The SMILES string of the molecule is CC(NC(=O)CCNC(=O)C12CC3CC(CC(C3)C1)C2)c1ccccc1Br. The highest BCUT2D eigenvalue weighted by molar-refractivity contribution is 9.10. The van der Waals surface area contributed by atoms with Crippen LogP contribution in [0.4, 0.5) is 0 Å². The van der Waals surface area contributed by atoms with Crippen molar-refractivity contribution in [2.75, 3.05) is 6.54 Å². The third-order valence-electron chi connectivity index (χ3n) is 6.91.